The molecule has 4 rings (SSSR count). The Balaban J connectivity index is 1.84. The number of halogens is 3. The van der Waals surface area contributed by atoms with Gasteiger partial charge in [-0.3, -0.25) is 9.59 Å². The monoisotopic (exact) mass is 447 g/mol. The topological polar surface area (TPSA) is 55.4 Å². The second-order valence-electron chi connectivity index (χ2n) is 7.69. The van der Waals surface area contributed by atoms with E-state index < -0.39 is 29.5 Å². The number of carbonyl (C=O) groups is 2. The van der Waals surface area contributed by atoms with E-state index in [1.807, 2.05) is 17.5 Å². The molecule has 8 heteroatoms. The largest absolute Gasteiger partial charge is 0.468 e. The van der Waals surface area contributed by atoms with Crippen LogP contribution >= 0.6 is 11.3 Å². The van der Waals surface area contributed by atoms with Crippen LogP contribution < -0.4 is 5.32 Å². The van der Waals surface area contributed by atoms with Crippen molar-refractivity contribution in [2.24, 2.45) is 5.92 Å². The number of ether oxygens (including phenoxy) is 1. The number of hydrogen-bond donors (Lipinski definition) is 1. The van der Waals surface area contributed by atoms with E-state index in [0.29, 0.717) is 23.4 Å². The maximum atomic E-state index is 13.4. The van der Waals surface area contributed by atoms with Crippen molar-refractivity contribution in [3.8, 4) is 0 Å². The van der Waals surface area contributed by atoms with E-state index in [1.54, 1.807) is 11.3 Å². The molecule has 0 saturated carbocycles. The Labute approximate surface area is 181 Å². The van der Waals surface area contributed by atoms with Gasteiger partial charge < -0.3 is 10.1 Å². The number of hydrogen-bond acceptors (Lipinski definition) is 5. The number of allylic oxidation sites excluding steroid dienone is 2. The molecule has 3 unspecified atom stereocenters. The minimum atomic E-state index is -4.54. The van der Waals surface area contributed by atoms with Crippen molar-refractivity contribution < 1.29 is 27.5 Å². The second kappa shape index (κ2) is 8.00. The number of nitrogens with one attached hydrogen (secondary N) is 1. The Bertz CT molecular complexity index is 1070. The lowest BCUT2D eigenvalue weighted by Crippen LogP contribution is -2.42. The molecule has 0 bridgehead atoms. The maximum absolute atomic E-state index is 13.4. The first-order chi connectivity index (χ1) is 14.7. The van der Waals surface area contributed by atoms with Crippen molar-refractivity contribution in [1.82, 2.24) is 5.32 Å². The molecule has 0 saturated heterocycles. The summed E-state index contributed by atoms with van der Waals surface area (Å²) < 4.78 is 45.0. The zero-order valence-electron chi connectivity index (χ0n) is 16.7. The molecule has 0 radical (unpaired) electrons. The lowest BCUT2D eigenvalue weighted by molar-refractivity contribution is -0.144. The predicted molar refractivity (Wildman–Crippen MR) is 110 cm³/mol. The van der Waals surface area contributed by atoms with E-state index in [1.165, 1.54) is 19.2 Å². The summed E-state index contributed by atoms with van der Waals surface area (Å²) in [4.78, 5) is 26.9. The van der Waals surface area contributed by atoms with Gasteiger partial charge in [0.05, 0.1) is 12.7 Å². The fourth-order valence-electron chi connectivity index (χ4n) is 4.45. The molecule has 4 nitrogen and oxygen atoms in total. The zero-order chi connectivity index (χ0) is 22.3. The van der Waals surface area contributed by atoms with E-state index in [0.717, 1.165) is 17.0 Å². The number of rotatable bonds is 3. The van der Waals surface area contributed by atoms with E-state index >= 15 is 0 Å². The van der Waals surface area contributed by atoms with Crippen LogP contribution in [0, 0.1) is 5.92 Å². The molecule has 3 atom stereocenters. The lowest BCUT2D eigenvalue weighted by Gasteiger charge is -2.39. The maximum Gasteiger partial charge on any atom is 0.416 e. The normalized spacial score (nSPS) is 23.9. The quantitative estimate of drug-likeness (QED) is 0.661. The van der Waals surface area contributed by atoms with E-state index in [9.17, 15) is 22.8 Å². The van der Waals surface area contributed by atoms with Crippen molar-refractivity contribution in [2.75, 3.05) is 7.11 Å². The Morgan fingerprint density at radius 2 is 2.00 bits per heavy atom. The second-order valence-corrected chi connectivity index (χ2v) is 8.67. The van der Waals surface area contributed by atoms with Crippen LogP contribution in [-0.4, -0.2) is 18.9 Å². The molecule has 2 heterocycles. The predicted octanol–water partition coefficient (Wildman–Crippen LogP) is 5.16. The fourth-order valence-corrected chi connectivity index (χ4v) is 5.28. The highest BCUT2D eigenvalue weighted by molar-refractivity contribution is 7.10. The molecule has 0 spiro atoms. The minimum Gasteiger partial charge on any atom is -0.468 e. The van der Waals surface area contributed by atoms with Gasteiger partial charge in [-0.1, -0.05) is 30.8 Å². The standard InChI is InChI=1S/C23H20F3NO3S/c1-12-19(22(29)30-2)20(13-5-3-6-15(9-13)23(24,25)26)21-16(27-12)10-14(11-17(21)28)18-7-4-8-31-18/h3-9,14,19-20,27H,1,10-11H2,2H3. The van der Waals surface area contributed by atoms with Gasteiger partial charge in [0, 0.05) is 40.1 Å². The number of esters is 1. The molecule has 162 valence electrons. The van der Waals surface area contributed by atoms with Crippen LogP contribution in [0.4, 0.5) is 13.2 Å². The number of alkyl halides is 3. The summed E-state index contributed by atoms with van der Waals surface area (Å²) in [7, 11) is 1.21. The zero-order valence-corrected chi connectivity index (χ0v) is 17.5. The molecular weight excluding hydrogens is 427 g/mol. The molecule has 0 amide bonds. The van der Waals surface area contributed by atoms with Gasteiger partial charge >= 0.3 is 12.1 Å². The Kier molecular flexibility index (Phi) is 5.51. The number of thiophene rings is 1. The van der Waals surface area contributed by atoms with E-state index in [-0.39, 0.29) is 23.7 Å². The average Bonchev–Trinajstić information content (AvgIpc) is 3.26. The Hall–Kier alpha value is -2.87. The first-order valence-corrected chi connectivity index (χ1v) is 10.6. The highest BCUT2D eigenvalue weighted by Crippen LogP contribution is 2.48. The minimum absolute atomic E-state index is 0.0246. The van der Waals surface area contributed by atoms with E-state index in [4.69, 9.17) is 4.74 Å². The summed E-state index contributed by atoms with van der Waals surface area (Å²) in [6.45, 7) is 3.94. The van der Waals surface area contributed by atoms with Crippen molar-refractivity contribution >= 4 is 23.1 Å². The van der Waals surface area contributed by atoms with Gasteiger partial charge in [-0.15, -0.1) is 11.3 Å². The molecule has 1 aromatic heterocycles. The first-order valence-electron chi connectivity index (χ1n) is 9.71. The lowest BCUT2D eigenvalue weighted by atomic mass is 9.69. The third-order valence-corrected chi connectivity index (χ3v) is 6.85. The fraction of sp³-hybridized carbons (Fsp3) is 0.304. The van der Waals surface area contributed by atoms with Crippen LogP contribution in [0.25, 0.3) is 0 Å². The van der Waals surface area contributed by atoms with Crippen molar-refractivity contribution in [1.29, 1.82) is 0 Å². The van der Waals surface area contributed by atoms with Crippen LogP contribution in [0.1, 0.15) is 40.7 Å². The van der Waals surface area contributed by atoms with Crippen LogP contribution in [0.5, 0.6) is 0 Å². The van der Waals surface area contributed by atoms with Gasteiger partial charge in [0.2, 0.25) is 0 Å². The molecule has 1 N–H and O–H groups in total. The van der Waals surface area contributed by atoms with Gasteiger partial charge in [0.25, 0.3) is 0 Å². The van der Waals surface area contributed by atoms with Crippen molar-refractivity contribution in [3.63, 3.8) is 0 Å². The van der Waals surface area contributed by atoms with Crippen molar-refractivity contribution in [3.05, 3.63) is 81.3 Å². The van der Waals surface area contributed by atoms with Gasteiger partial charge in [0.1, 0.15) is 5.92 Å². The third kappa shape index (κ3) is 3.92. The van der Waals surface area contributed by atoms with Crippen LogP contribution in [-0.2, 0) is 20.5 Å². The summed E-state index contributed by atoms with van der Waals surface area (Å²) in [6.07, 6.45) is -3.79. The smallest absolute Gasteiger partial charge is 0.416 e. The molecule has 1 aromatic carbocycles. The van der Waals surface area contributed by atoms with Gasteiger partial charge in [0.15, 0.2) is 5.78 Å². The van der Waals surface area contributed by atoms with Crippen LogP contribution in [0.2, 0.25) is 0 Å². The average molecular weight is 447 g/mol. The summed E-state index contributed by atoms with van der Waals surface area (Å²) in [5.74, 6) is -2.76. The molecule has 1 aliphatic carbocycles. The van der Waals surface area contributed by atoms with E-state index in [2.05, 4.69) is 11.9 Å². The summed E-state index contributed by atoms with van der Waals surface area (Å²) in [6, 6.07) is 8.66. The first kappa shape index (κ1) is 21.4. The highest BCUT2D eigenvalue weighted by Gasteiger charge is 2.46. The highest BCUT2D eigenvalue weighted by atomic mass is 32.1. The van der Waals surface area contributed by atoms with Gasteiger partial charge in [-0.25, -0.2) is 0 Å². The van der Waals surface area contributed by atoms with Crippen LogP contribution in [0.15, 0.2) is 65.3 Å². The number of Topliss-reactive ketones (excluding diaryl/α,β-unsaturated/α-hetero) is 1. The summed E-state index contributed by atoms with van der Waals surface area (Å²) >= 11 is 1.56. The summed E-state index contributed by atoms with van der Waals surface area (Å²) in [5, 5.41) is 5.04. The number of methoxy groups -OCH3 is 1. The molecule has 0 fully saturated rings. The van der Waals surface area contributed by atoms with Gasteiger partial charge in [-0.05, 0) is 29.5 Å². The molecule has 2 aliphatic rings. The number of benzene rings is 1. The molecule has 2 aromatic rings. The molecule has 1 aliphatic heterocycles. The Morgan fingerprint density at radius 1 is 1.23 bits per heavy atom. The SMILES string of the molecule is C=C1NC2=C(C(=O)CC(c3cccs3)C2)C(c2cccc(C(F)(F)F)c2)C1C(=O)OC. The molecular formula is C23H20F3NO3S. The number of carbonyl (C=O) groups excluding carboxylic acids is 2. The molecule has 31 heavy (non-hydrogen) atoms. The Morgan fingerprint density at radius 3 is 2.65 bits per heavy atom. The van der Waals surface area contributed by atoms with Crippen LogP contribution in [0.3, 0.4) is 0 Å². The van der Waals surface area contributed by atoms with Gasteiger partial charge in [-0.2, -0.15) is 13.2 Å². The summed E-state index contributed by atoms with van der Waals surface area (Å²) in [5.41, 5.74) is 0.674. The number of ketones is 1. The third-order valence-electron chi connectivity index (χ3n) is 5.81. The van der Waals surface area contributed by atoms with Crippen molar-refractivity contribution in [2.45, 2.75) is 30.9 Å².